The van der Waals surface area contributed by atoms with Crippen LogP contribution in [0.4, 0.5) is 5.69 Å². The molecule has 0 aromatic carbocycles. The van der Waals surface area contributed by atoms with Crippen molar-refractivity contribution in [3.63, 3.8) is 0 Å². The van der Waals surface area contributed by atoms with Crippen LogP contribution in [-0.2, 0) is 0 Å². The summed E-state index contributed by atoms with van der Waals surface area (Å²) in [7, 11) is 0. The van der Waals surface area contributed by atoms with Crippen molar-refractivity contribution in [2.75, 3.05) is 5.32 Å². The molecule has 0 aliphatic carbocycles. The van der Waals surface area contributed by atoms with Gasteiger partial charge in [0.25, 0.3) is 5.91 Å². The Morgan fingerprint density at radius 1 is 1.28 bits per heavy atom. The van der Waals surface area contributed by atoms with Crippen LogP contribution in [0.1, 0.15) is 21.7 Å². The number of anilines is 1. The third-order valence-corrected chi connectivity index (χ3v) is 2.97. The molecule has 4 nitrogen and oxygen atoms in total. The van der Waals surface area contributed by atoms with Gasteiger partial charge in [0.15, 0.2) is 0 Å². The molecule has 5 heteroatoms. The third kappa shape index (κ3) is 2.73. The number of halogens is 1. The lowest BCUT2D eigenvalue weighted by atomic mass is 10.2. The van der Waals surface area contributed by atoms with Crippen LogP contribution >= 0.6 is 15.9 Å². The number of carbonyl (C=O) groups excluding carboxylic acids is 1. The minimum atomic E-state index is -0.222. The second-order valence-corrected chi connectivity index (χ2v) is 4.70. The van der Waals surface area contributed by atoms with E-state index >= 15 is 0 Å². The highest BCUT2D eigenvalue weighted by Gasteiger charge is 2.11. The Bertz CT molecular complexity index is 599. The second kappa shape index (κ2) is 5.27. The monoisotopic (exact) mass is 305 g/mol. The Morgan fingerprint density at radius 2 is 2.06 bits per heavy atom. The largest absolute Gasteiger partial charge is 0.319 e. The van der Waals surface area contributed by atoms with Crippen LogP contribution in [0, 0.1) is 13.8 Å². The molecule has 2 rings (SSSR count). The number of rotatable bonds is 2. The molecule has 0 radical (unpaired) electrons. The van der Waals surface area contributed by atoms with Gasteiger partial charge in [-0.05, 0) is 53.5 Å². The summed E-state index contributed by atoms with van der Waals surface area (Å²) in [5, 5.41) is 2.81. The highest BCUT2D eigenvalue weighted by molar-refractivity contribution is 9.10. The zero-order valence-electron chi connectivity index (χ0n) is 10.1. The van der Waals surface area contributed by atoms with Gasteiger partial charge in [-0.2, -0.15) is 0 Å². The molecule has 0 bridgehead atoms. The maximum atomic E-state index is 12.1. The van der Waals surface area contributed by atoms with Gasteiger partial charge in [-0.15, -0.1) is 0 Å². The van der Waals surface area contributed by atoms with Crippen molar-refractivity contribution in [2.24, 2.45) is 0 Å². The van der Waals surface area contributed by atoms with E-state index in [9.17, 15) is 4.79 Å². The van der Waals surface area contributed by atoms with Crippen LogP contribution in [0.25, 0.3) is 0 Å². The average molecular weight is 306 g/mol. The smallest absolute Gasteiger partial charge is 0.274 e. The van der Waals surface area contributed by atoms with Crippen molar-refractivity contribution in [1.29, 1.82) is 0 Å². The van der Waals surface area contributed by atoms with E-state index in [1.54, 1.807) is 18.3 Å². The number of hydrogen-bond acceptors (Lipinski definition) is 3. The van der Waals surface area contributed by atoms with Gasteiger partial charge in [0.05, 0.1) is 11.4 Å². The first-order valence-corrected chi connectivity index (χ1v) is 6.23. The summed E-state index contributed by atoms with van der Waals surface area (Å²) in [5.74, 6) is -0.222. The molecule has 0 spiro atoms. The Hall–Kier alpha value is -1.75. The fraction of sp³-hybridized carbons (Fsp3) is 0.154. The fourth-order valence-corrected chi connectivity index (χ4v) is 1.97. The summed E-state index contributed by atoms with van der Waals surface area (Å²) < 4.78 is 0.743. The van der Waals surface area contributed by atoms with Gasteiger partial charge in [0.2, 0.25) is 0 Å². The molecule has 0 saturated carbocycles. The molecule has 0 unspecified atom stereocenters. The highest BCUT2D eigenvalue weighted by atomic mass is 79.9. The minimum absolute atomic E-state index is 0.222. The standard InChI is InChI=1S/C13H12BrN3O/c1-8-4-3-7-15-12(8)13(18)17-10-5-6-11(14)16-9(10)2/h3-7H,1-2H3,(H,17,18). The summed E-state index contributed by atoms with van der Waals surface area (Å²) in [6, 6.07) is 7.25. The predicted octanol–water partition coefficient (Wildman–Crippen LogP) is 3.11. The average Bonchev–Trinajstić information content (AvgIpc) is 2.33. The number of pyridine rings is 2. The van der Waals surface area contributed by atoms with Crippen molar-refractivity contribution >= 4 is 27.5 Å². The van der Waals surface area contributed by atoms with Crippen molar-refractivity contribution in [3.05, 3.63) is 52.0 Å². The zero-order valence-corrected chi connectivity index (χ0v) is 11.7. The van der Waals surface area contributed by atoms with Gasteiger partial charge < -0.3 is 5.32 Å². The molecule has 0 aliphatic heterocycles. The quantitative estimate of drug-likeness (QED) is 0.867. The van der Waals surface area contributed by atoms with Crippen molar-refractivity contribution in [2.45, 2.75) is 13.8 Å². The molecule has 0 atom stereocenters. The summed E-state index contributed by atoms with van der Waals surface area (Å²) in [6.45, 7) is 3.69. The summed E-state index contributed by atoms with van der Waals surface area (Å²) in [4.78, 5) is 20.4. The van der Waals surface area contributed by atoms with Crippen molar-refractivity contribution < 1.29 is 4.79 Å². The maximum Gasteiger partial charge on any atom is 0.274 e. The first kappa shape index (κ1) is 12.7. The Balaban J connectivity index is 2.24. The molecule has 1 N–H and O–H groups in total. The lowest BCUT2D eigenvalue weighted by Gasteiger charge is -2.08. The van der Waals surface area contributed by atoms with E-state index < -0.39 is 0 Å². The van der Waals surface area contributed by atoms with Crippen LogP contribution in [0.3, 0.4) is 0 Å². The first-order chi connectivity index (χ1) is 8.58. The van der Waals surface area contributed by atoms with Crippen LogP contribution < -0.4 is 5.32 Å². The minimum Gasteiger partial charge on any atom is -0.319 e. The lowest BCUT2D eigenvalue weighted by Crippen LogP contribution is -2.16. The molecule has 92 valence electrons. The molecular formula is C13H12BrN3O. The van der Waals surface area contributed by atoms with E-state index in [0.29, 0.717) is 11.4 Å². The number of nitrogens with zero attached hydrogens (tertiary/aromatic N) is 2. The van der Waals surface area contributed by atoms with Gasteiger partial charge in [-0.3, -0.25) is 9.78 Å². The number of aromatic nitrogens is 2. The van der Waals surface area contributed by atoms with E-state index in [4.69, 9.17) is 0 Å². The molecule has 0 saturated heterocycles. The molecule has 2 aromatic rings. The van der Waals surface area contributed by atoms with E-state index in [2.05, 4.69) is 31.2 Å². The molecule has 2 aromatic heterocycles. The van der Waals surface area contributed by atoms with Crippen LogP contribution in [-0.4, -0.2) is 15.9 Å². The number of nitrogens with one attached hydrogen (secondary N) is 1. The Labute approximate surface area is 114 Å². The van der Waals surface area contributed by atoms with Gasteiger partial charge >= 0.3 is 0 Å². The van der Waals surface area contributed by atoms with Gasteiger partial charge in [-0.1, -0.05) is 6.07 Å². The van der Waals surface area contributed by atoms with E-state index in [1.807, 2.05) is 26.0 Å². The number of aryl methyl sites for hydroxylation is 2. The molecule has 0 aliphatic rings. The van der Waals surface area contributed by atoms with Gasteiger partial charge in [0, 0.05) is 6.20 Å². The number of amides is 1. The summed E-state index contributed by atoms with van der Waals surface area (Å²) in [6.07, 6.45) is 1.61. The summed E-state index contributed by atoms with van der Waals surface area (Å²) >= 11 is 3.28. The van der Waals surface area contributed by atoms with E-state index in [-0.39, 0.29) is 5.91 Å². The van der Waals surface area contributed by atoms with Crippen LogP contribution in [0.15, 0.2) is 35.1 Å². The van der Waals surface area contributed by atoms with Crippen LogP contribution in [0.5, 0.6) is 0 Å². The first-order valence-electron chi connectivity index (χ1n) is 5.44. The maximum absolute atomic E-state index is 12.1. The fourth-order valence-electron chi connectivity index (χ4n) is 1.57. The van der Waals surface area contributed by atoms with Crippen molar-refractivity contribution in [1.82, 2.24) is 9.97 Å². The topological polar surface area (TPSA) is 54.9 Å². The van der Waals surface area contributed by atoms with Gasteiger partial charge in [-0.25, -0.2) is 4.98 Å². The normalized spacial score (nSPS) is 10.2. The van der Waals surface area contributed by atoms with E-state index in [0.717, 1.165) is 15.9 Å². The van der Waals surface area contributed by atoms with Gasteiger partial charge in [0.1, 0.15) is 10.3 Å². The van der Waals surface area contributed by atoms with Crippen LogP contribution in [0.2, 0.25) is 0 Å². The van der Waals surface area contributed by atoms with E-state index in [1.165, 1.54) is 0 Å². The molecule has 2 heterocycles. The SMILES string of the molecule is Cc1cccnc1C(=O)Nc1ccc(Br)nc1C. The second-order valence-electron chi connectivity index (χ2n) is 3.89. The number of hydrogen-bond donors (Lipinski definition) is 1. The number of carbonyl (C=O) groups is 1. The molecule has 18 heavy (non-hydrogen) atoms. The van der Waals surface area contributed by atoms with Crippen molar-refractivity contribution in [3.8, 4) is 0 Å². The third-order valence-electron chi connectivity index (χ3n) is 2.52. The Morgan fingerprint density at radius 3 is 2.72 bits per heavy atom. The Kier molecular flexibility index (Phi) is 3.72. The highest BCUT2D eigenvalue weighted by Crippen LogP contribution is 2.17. The zero-order chi connectivity index (χ0) is 13.1. The molecule has 0 fully saturated rings. The molecule has 1 amide bonds. The molecular weight excluding hydrogens is 294 g/mol. The lowest BCUT2D eigenvalue weighted by molar-refractivity contribution is 0.102. The summed E-state index contributed by atoms with van der Waals surface area (Å²) in [5.41, 5.74) is 2.72. The predicted molar refractivity (Wildman–Crippen MR) is 73.6 cm³/mol.